The first-order valence-corrected chi connectivity index (χ1v) is 20.1. The summed E-state index contributed by atoms with van der Waals surface area (Å²) in [6.07, 6.45) is 0. The van der Waals surface area contributed by atoms with Crippen LogP contribution < -0.4 is 15.9 Å². The Morgan fingerprint density at radius 1 is 0.357 bits per heavy atom. The summed E-state index contributed by atoms with van der Waals surface area (Å²) in [5.74, 6) is -1.09. The predicted octanol–water partition coefficient (Wildman–Crippen LogP) is 12.0. The lowest BCUT2D eigenvalue weighted by molar-refractivity contribution is 0.592. The van der Waals surface area contributed by atoms with Crippen molar-refractivity contribution in [1.82, 2.24) is 9.97 Å². The van der Waals surface area contributed by atoms with E-state index in [9.17, 15) is 4.57 Å². The van der Waals surface area contributed by atoms with Crippen molar-refractivity contribution >= 4 is 66.4 Å². The third-order valence-electron chi connectivity index (χ3n) is 10.7. The smallest absolute Gasteiger partial charge is 0.171 e. The molecule has 0 spiro atoms. The fourth-order valence-corrected chi connectivity index (χ4v) is 10.6. The van der Waals surface area contributed by atoms with E-state index in [1.165, 1.54) is 0 Å². The Bertz CT molecular complexity index is 3120. The van der Waals surface area contributed by atoms with Crippen LogP contribution in [0.15, 0.2) is 188 Å². The van der Waals surface area contributed by atoms with Gasteiger partial charge in [0.25, 0.3) is 0 Å². The normalized spacial score (nSPS) is 11.8. The Hall–Kier alpha value is -6.81. The van der Waals surface area contributed by atoms with Crippen LogP contribution in [-0.4, -0.2) is 9.97 Å². The van der Waals surface area contributed by atoms with Crippen molar-refractivity contribution in [2.24, 2.45) is 0 Å². The third kappa shape index (κ3) is 5.35. The summed E-state index contributed by atoms with van der Waals surface area (Å²) >= 11 is 0. The maximum atomic E-state index is 17.7. The summed E-state index contributed by atoms with van der Waals surface area (Å²) in [6.45, 7) is 0. The monoisotopic (exact) mass is 744 g/mol. The first kappa shape index (κ1) is 33.7. The molecule has 0 saturated heterocycles. The fraction of sp³-hybridized carbons (Fsp3) is 0. The Labute approximate surface area is 322 Å². The molecular weight excluding hydrogens is 714 g/mol. The van der Waals surface area contributed by atoms with E-state index < -0.39 is 18.8 Å². The van der Waals surface area contributed by atoms with E-state index >= 15 is 8.78 Å². The van der Waals surface area contributed by atoms with Gasteiger partial charge >= 0.3 is 0 Å². The minimum Gasteiger partial charge on any atom is -0.309 e. The number of rotatable bonds is 6. The van der Waals surface area contributed by atoms with Crippen molar-refractivity contribution in [3.63, 3.8) is 0 Å². The summed E-state index contributed by atoms with van der Waals surface area (Å²) in [6, 6.07) is 58.6. The minimum absolute atomic E-state index is 0.124. The molecule has 0 saturated carbocycles. The summed E-state index contributed by atoms with van der Waals surface area (Å²) in [5, 5.41) is 3.84. The molecule has 0 aliphatic rings. The molecule has 0 aliphatic carbocycles. The molecule has 0 aliphatic heterocycles. The van der Waals surface area contributed by atoms with Crippen molar-refractivity contribution < 1.29 is 13.3 Å². The first-order valence-electron chi connectivity index (χ1n) is 18.4. The van der Waals surface area contributed by atoms with Crippen LogP contribution in [0.25, 0.3) is 77.0 Å². The number of fused-ring (bicyclic) bond motifs is 6. The van der Waals surface area contributed by atoms with Crippen LogP contribution in [0.3, 0.4) is 0 Å². The Morgan fingerprint density at radius 3 is 1.30 bits per heavy atom. The van der Waals surface area contributed by atoms with E-state index in [1.807, 2.05) is 182 Å². The van der Waals surface area contributed by atoms with Gasteiger partial charge in [-0.25, -0.2) is 18.7 Å². The highest BCUT2D eigenvalue weighted by Gasteiger charge is 2.30. The number of aromatic nitrogens is 2. The van der Waals surface area contributed by atoms with Crippen molar-refractivity contribution in [3.05, 3.63) is 200 Å². The fourth-order valence-electron chi connectivity index (χ4n) is 7.99. The summed E-state index contributed by atoms with van der Waals surface area (Å²) in [5.41, 5.74) is 4.90. The van der Waals surface area contributed by atoms with Gasteiger partial charge in [-0.15, -0.1) is 0 Å². The van der Waals surface area contributed by atoms with Gasteiger partial charge in [-0.2, -0.15) is 0 Å². The Balaban J connectivity index is 1.22. The standard InChI is InChI=1S/C50H31F2N2OP/c51-47-43-39-23-13-14-24-41(39)53-49(33-15-5-1-6-16-33)45(43)48(52)44-40-30-27-35(31-42(40)54-50(46(44)47)34-17-7-2-8-18-34)32-25-28-38(29-26-32)56(55,36-19-9-3-10-20-36)37-21-11-4-12-22-37/h1-31H. The highest BCUT2D eigenvalue weighted by molar-refractivity contribution is 7.85. The lowest BCUT2D eigenvalue weighted by atomic mass is 9.91. The molecule has 2 aromatic heterocycles. The van der Waals surface area contributed by atoms with Crippen LogP contribution in [0.1, 0.15) is 0 Å². The SMILES string of the molecule is O=P(c1ccccc1)(c1ccccc1)c1ccc(-c2ccc3c(c2)nc(-c2ccccc2)c2c(F)c4c(c(-c5ccccc5)nc5ccccc54)c(F)c23)cc1. The van der Waals surface area contributed by atoms with Crippen molar-refractivity contribution in [3.8, 4) is 33.6 Å². The largest absolute Gasteiger partial charge is 0.309 e. The van der Waals surface area contributed by atoms with Crippen LogP contribution in [0.4, 0.5) is 8.78 Å². The zero-order valence-corrected chi connectivity index (χ0v) is 30.8. The molecule has 3 nitrogen and oxygen atoms in total. The van der Waals surface area contributed by atoms with Crippen LogP contribution in [0, 0.1) is 11.6 Å². The number of halogens is 2. The molecule has 0 bridgehead atoms. The Kier molecular flexibility index (Phi) is 8.13. The molecule has 0 fully saturated rings. The van der Waals surface area contributed by atoms with Gasteiger partial charge < -0.3 is 4.57 Å². The van der Waals surface area contributed by atoms with E-state index in [0.29, 0.717) is 44.3 Å². The number of para-hydroxylation sites is 1. The second kappa shape index (κ2) is 13.5. The lowest BCUT2D eigenvalue weighted by Gasteiger charge is -2.20. The summed E-state index contributed by atoms with van der Waals surface area (Å²) in [4.78, 5) is 10.0. The molecule has 0 N–H and O–H groups in total. The first-order chi connectivity index (χ1) is 27.5. The van der Waals surface area contributed by atoms with E-state index in [1.54, 1.807) is 6.07 Å². The van der Waals surface area contributed by atoms with E-state index in [-0.39, 0.29) is 21.5 Å². The molecule has 0 amide bonds. The predicted molar refractivity (Wildman–Crippen MR) is 228 cm³/mol. The second-order valence-electron chi connectivity index (χ2n) is 13.9. The molecule has 266 valence electrons. The van der Waals surface area contributed by atoms with Crippen molar-refractivity contribution in [2.45, 2.75) is 0 Å². The van der Waals surface area contributed by atoms with Gasteiger partial charge in [0.15, 0.2) is 7.14 Å². The zero-order chi connectivity index (χ0) is 37.8. The van der Waals surface area contributed by atoms with E-state index in [0.717, 1.165) is 27.0 Å². The maximum absolute atomic E-state index is 17.7. The van der Waals surface area contributed by atoms with Crippen LogP contribution in [0.2, 0.25) is 0 Å². The molecule has 10 aromatic rings. The van der Waals surface area contributed by atoms with Crippen LogP contribution in [-0.2, 0) is 4.57 Å². The van der Waals surface area contributed by atoms with Gasteiger partial charge in [-0.3, -0.25) is 0 Å². The van der Waals surface area contributed by atoms with Crippen molar-refractivity contribution in [1.29, 1.82) is 0 Å². The molecule has 0 atom stereocenters. The van der Waals surface area contributed by atoms with Gasteiger partial charge in [0.05, 0.1) is 22.4 Å². The highest BCUT2D eigenvalue weighted by atomic mass is 31.2. The molecular formula is C50H31F2N2OP. The molecule has 6 heteroatoms. The lowest BCUT2D eigenvalue weighted by Crippen LogP contribution is -2.24. The average Bonchev–Trinajstić information content (AvgIpc) is 3.27. The average molecular weight is 745 g/mol. The summed E-state index contributed by atoms with van der Waals surface area (Å²) < 4.78 is 50.4. The molecule has 0 unspecified atom stereocenters. The topological polar surface area (TPSA) is 42.9 Å². The van der Waals surface area contributed by atoms with Gasteiger partial charge in [0, 0.05) is 59.4 Å². The number of benzene rings is 8. The van der Waals surface area contributed by atoms with Crippen LogP contribution in [0.5, 0.6) is 0 Å². The summed E-state index contributed by atoms with van der Waals surface area (Å²) in [7, 11) is -3.16. The molecule has 2 heterocycles. The third-order valence-corrected chi connectivity index (χ3v) is 13.7. The van der Waals surface area contributed by atoms with Gasteiger partial charge in [0.1, 0.15) is 11.6 Å². The number of pyridine rings is 2. The zero-order valence-electron chi connectivity index (χ0n) is 29.9. The van der Waals surface area contributed by atoms with Crippen LogP contribution >= 0.6 is 7.14 Å². The molecule has 56 heavy (non-hydrogen) atoms. The quantitative estimate of drug-likeness (QED) is 0.0967. The van der Waals surface area contributed by atoms with Crippen molar-refractivity contribution in [2.75, 3.05) is 0 Å². The minimum atomic E-state index is -3.16. The molecule has 8 aromatic carbocycles. The maximum Gasteiger partial charge on any atom is 0.171 e. The van der Waals surface area contributed by atoms with E-state index in [2.05, 4.69) is 0 Å². The van der Waals surface area contributed by atoms with Gasteiger partial charge in [-0.1, -0.05) is 176 Å². The second-order valence-corrected chi connectivity index (χ2v) is 16.6. The number of nitrogens with zero attached hydrogens (tertiary/aromatic N) is 2. The van der Waals surface area contributed by atoms with Gasteiger partial charge in [0.2, 0.25) is 0 Å². The number of hydrogen-bond acceptors (Lipinski definition) is 3. The molecule has 10 rings (SSSR count). The molecule has 0 radical (unpaired) electrons. The highest BCUT2D eigenvalue weighted by Crippen LogP contribution is 2.46. The number of hydrogen-bond donors (Lipinski definition) is 0. The van der Waals surface area contributed by atoms with Gasteiger partial charge in [-0.05, 0) is 23.3 Å². The van der Waals surface area contributed by atoms with E-state index in [4.69, 9.17) is 9.97 Å². The Morgan fingerprint density at radius 2 is 0.768 bits per heavy atom.